The molecular weight excluding hydrogens is 454 g/mol. The van der Waals surface area contributed by atoms with Crippen LogP contribution in [0.2, 0.25) is 0 Å². The fourth-order valence-electron chi connectivity index (χ4n) is 3.88. The summed E-state index contributed by atoms with van der Waals surface area (Å²) in [6.07, 6.45) is 6.00. The summed E-state index contributed by atoms with van der Waals surface area (Å²) < 4.78 is 36.4. The zero-order chi connectivity index (χ0) is 23.8. The van der Waals surface area contributed by atoms with Crippen LogP contribution in [0.15, 0.2) is 41.8 Å². The molecule has 3 heterocycles. The van der Waals surface area contributed by atoms with Crippen LogP contribution in [0.1, 0.15) is 31.5 Å². The number of halogens is 2. The first kappa shape index (κ1) is 22.4. The number of nitrogens with zero attached hydrogens (tertiary/aromatic N) is 4. The highest BCUT2D eigenvalue weighted by Crippen LogP contribution is 2.40. The molecule has 3 aromatic heterocycles. The van der Waals surface area contributed by atoms with Crippen molar-refractivity contribution >= 4 is 32.5 Å². The maximum absolute atomic E-state index is 14.8. The maximum Gasteiger partial charge on any atom is 0.144 e. The second-order valence-corrected chi connectivity index (χ2v) is 9.24. The summed E-state index contributed by atoms with van der Waals surface area (Å²) >= 11 is 1.26. The molecule has 0 unspecified atom stereocenters. The van der Waals surface area contributed by atoms with Crippen LogP contribution in [0.4, 0.5) is 8.78 Å². The molecule has 34 heavy (non-hydrogen) atoms. The molecule has 6 rings (SSSR count). The summed E-state index contributed by atoms with van der Waals surface area (Å²) in [6, 6.07) is 9.90. The van der Waals surface area contributed by atoms with E-state index in [1.165, 1.54) is 67.7 Å². The van der Waals surface area contributed by atoms with Gasteiger partial charge in [-0.2, -0.15) is 0 Å². The fourth-order valence-corrected chi connectivity index (χ4v) is 4.80. The lowest BCUT2D eigenvalue weighted by Gasteiger charge is -2.10. The summed E-state index contributed by atoms with van der Waals surface area (Å²) in [5, 5.41) is 10.5. The van der Waals surface area contributed by atoms with Gasteiger partial charge in [0, 0.05) is 29.6 Å². The van der Waals surface area contributed by atoms with Crippen molar-refractivity contribution in [2.24, 2.45) is 7.05 Å². The van der Waals surface area contributed by atoms with Crippen molar-refractivity contribution in [2.45, 2.75) is 32.6 Å². The van der Waals surface area contributed by atoms with E-state index in [9.17, 15) is 8.78 Å². The molecule has 2 aromatic carbocycles. The molecule has 0 amide bonds. The van der Waals surface area contributed by atoms with E-state index in [1.807, 2.05) is 36.7 Å². The second kappa shape index (κ2) is 9.10. The molecule has 0 radical (unpaired) electrons. The first-order valence-electron chi connectivity index (χ1n) is 11.2. The lowest BCUT2D eigenvalue weighted by Crippen LogP contribution is -1.97. The van der Waals surface area contributed by atoms with Crippen LogP contribution in [0.5, 0.6) is 5.75 Å². The van der Waals surface area contributed by atoms with Gasteiger partial charge >= 0.3 is 0 Å². The van der Waals surface area contributed by atoms with E-state index < -0.39 is 11.6 Å². The Bertz CT molecular complexity index is 1500. The summed E-state index contributed by atoms with van der Waals surface area (Å²) in [6.45, 7) is 1.94. The first-order chi connectivity index (χ1) is 16.5. The average molecular weight is 479 g/mol. The van der Waals surface area contributed by atoms with Crippen LogP contribution in [0, 0.1) is 18.6 Å². The van der Waals surface area contributed by atoms with E-state index in [1.54, 1.807) is 0 Å². The highest BCUT2D eigenvalue weighted by Gasteiger charge is 2.21. The van der Waals surface area contributed by atoms with Crippen molar-refractivity contribution in [3.63, 3.8) is 0 Å². The second-order valence-electron chi connectivity index (χ2n) is 8.37. The van der Waals surface area contributed by atoms with E-state index in [0.717, 1.165) is 22.4 Å². The Morgan fingerprint density at radius 1 is 0.971 bits per heavy atom. The van der Waals surface area contributed by atoms with Crippen LogP contribution >= 0.6 is 11.3 Å². The number of aromatic nitrogens is 4. The number of hydrogen-bond donors (Lipinski definition) is 0. The van der Waals surface area contributed by atoms with E-state index in [0.29, 0.717) is 27.0 Å². The molecular formula is C26H24F2N4OS. The minimum absolute atomic E-state index is 0.273. The number of aryl methyl sites for hydroxylation is 2. The Balaban J connectivity index is 0.000000547. The number of rotatable bonds is 3. The van der Waals surface area contributed by atoms with Gasteiger partial charge in [-0.25, -0.2) is 13.8 Å². The summed E-state index contributed by atoms with van der Waals surface area (Å²) in [4.78, 5) is 4.57. The standard InChI is InChI=1S/C22H16F2N4OS.C4H8/c1-11-25-16-8-12(4-7-17(16)28(11)2)20-22-19(15(24)10-30-22)21(27-26-20)14-6-5-13(23)9-18(14)29-3;1-2-4-3-1/h4-10H,1-3H3;1-4H2. The van der Waals surface area contributed by atoms with E-state index in [-0.39, 0.29) is 5.75 Å². The van der Waals surface area contributed by atoms with Gasteiger partial charge in [-0.15, -0.1) is 21.5 Å². The van der Waals surface area contributed by atoms with Crippen molar-refractivity contribution in [2.75, 3.05) is 7.11 Å². The monoisotopic (exact) mass is 478 g/mol. The Labute approximate surface area is 200 Å². The van der Waals surface area contributed by atoms with Crippen molar-refractivity contribution in [3.05, 3.63) is 59.2 Å². The Kier molecular flexibility index (Phi) is 6.00. The van der Waals surface area contributed by atoms with E-state index in [4.69, 9.17) is 4.74 Å². The molecule has 0 N–H and O–H groups in total. The van der Waals surface area contributed by atoms with Gasteiger partial charge in [-0.05, 0) is 31.2 Å². The smallest absolute Gasteiger partial charge is 0.144 e. The van der Waals surface area contributed by atoms with Gasteiger partial charge in [0.05, 0.1) is 28.2 Å². The molecule has 5 nitrogen and oxygen atoms in total. The number of imidazole rings is 1. The zero-order valence-electron chi connectivity index (χ0n) is 19.2. The Morgan fingerprint density at radius 2 is 1.71 bits per heavy atom. The van der Waals surface area contributed by atoms with Crippen LogP contribution in [0.3, 0.4) is 0 Å². The first-order valence-corrected chi connectivity index (χ1v) is 12.1. The number of ether oxygens (including phenoxy) is 1. The molecule has 0 atom stereocenters. The molecule has 1 fully saturated rings. The molecule has 0 spiro atoms. The Hall–Kier alpha value is -3.39. The van der Waals surface area contributed by atoms with Crippen LogP contribution in [0.25, 0.3) is 43.6 Å². The third kappa shape index (κ3) is 3.92. The lowest BCUT2D eigenvalue weighted by molar-refractivity contribution is 0.413. The van der Waals surface area contributed by atoms with Crippen molar-refractivity contribution in [1.29, 1.82) is 0 Å². The van der Waals surface area contributed by atoms with E-state index in [2.05, 4.69) is 15.2 Å². The predicted octanol–water partition coefficient (Wildman–Crippen LogP) is 7.07. The zero-order valence-corrected chi connectivity index (χ0v) is 20.0. The van der Waals surface area contributed by atoms with Crippen LogP contribution < -0.4 is 4.74 Å². The van der Waals surface area contributed by atoms with Gasteiger partial charge in [-0.1, -0.05) is 31.7 Å². The molecule has 8 heteroatoms. The highest BCUT2D eigenvalue weighted by atomic mass is 32.1. The molecule has 0 aliphatic heterocycles. The third-order valence-corrected chi connectivity index (χ3v) is 7.20. The predicted molar refractivity (Wildman–Crippen MR) is 132 cm³/mol. The lowest BCUT2D eigenvalue weighted by atomic mass is 10.0. The molecule has 1 aliphatic carbocycles. The normalized spacial score (nSPS) is 13.0. The van der Waals surface area contributed by atoms with Gasteiger partial charge < -0.3 is 9.30 Å². The maximum atomic E-state index is 14.8. The Morgan fingerprint density at radius 3 is 2.41 bits per heavy atom. The van der Waals surface area contributed by atoms with Gasteiger partial charge in [0.2, 0.25) is 0 Å². The summed E-state index contributed by atoms with van der Waals surface area (Å²) in [7, 11) is 3.40. The number of methoxy groups -OCH3 is 1. The number of fused-ring (bicyclic) bond motifs is 2. The fraction of sp³-hybridized carbons (Fsp3) is 0.269. The van der Waals surface area contributed by atoms with Gasteiger partial charge in [0.15, 0.2) is 0 Å². The van der Waals surface area contributed by atoms with E-state index >= 15 is 0 Å². The quantitative estimate of drug-likeness (QED) is 0.278. The minimum atomic E-state index is -0.443. The molecule has 1 aliphatic rings. The molecule has 0 bridgehead atoms. The number of benzene rings is 2. The SMILES string of the molecule is C1CCC1.COc1cc(F)ccc1-c1nnc(-c2ccc3c(c2)nc(C)n3C)c2scc(F)c12. The minimum Gasteiger partial charge on any atom is -0.496 e. The van der Waals surface area contributed by atoms with Crippen molar-refractivity contribution in [3.8, 4) is 28.3 Å². The third-order valence-electron chi connectivity index (χ3n) is 6.24. The van der Waals surface area contributed by atoms with Gasteiger partial charge in [-0.3, -0.25) is 0 Å². The molecule has 0 saturated heterocycles. The number of hydrogen-bond acceptors (Lipinski definition) is 5. The molecule has 5 aromatic rings. The van der Waals surface area contributed by atoms with Crippen molar-refractivity contribution < 1.29 is 13.5 Å². The van der Waals surface area contributed by atoms with Crippen LogP contribution in [-0.2, 0) is 7.05 Å². The van der Waals surface area contributed by atoms with Gasteiger partial charge in [0.25, 0.3) is 0 Å². The van der Waals surface area contributed by atoms with Crippen molar-refractivity contribution in [1.82, 2.24) is 19.7 Å². The van der Waals surface area contributed by atoms with Crippen LogP contribution in [-0.4, -0.2) is 26.9 Å². The highest BCUT2D eigenvalue weighted by molar-refractivity contribution is 7.17. The largest absolute Gasteiger partial charge is 0.496 e. The summed E-state index contributed by atoms with van der Waals surface area (Å²) in [5.41, 5.74) is 4.02. The summed E-state index contributed by atoms with van der Waals surface area (Å²) in [5.74, 6) is 0.331. The molecule has 174 valence electrons. The topological polar surface area (TPSA) is 52.8 Å². The molecule has 1 saturated carbocycles. The average Bonchev–Trinajstić information content (AvgIpc) is 3.31. The number of thiophene rings is 1. The van der Waals surface area contributed by atoms with Gasteiger partial charge in [0.1, 0.15) is 34.6 Å².